The number of benzene rings is 1. The number of para-hydroxylation sites is 1. The van der Waals surface area contributed by atoms with Crippen LogP contribution in [0.4, 0.5) is 5.69 Å². The Morgan fingerprint density at radius 3 is 2.56 bits per heavy atom. The van der Waals surface area contributed by atoms with Gasteiger partial charge in [-0.15, -0.1) is 0 Å². The first-order chi connectivity index (χ1) is 7.38. The SMILES string of the molecule is CCOC(=O)c1cccc(S(C)(=O)=O)c1N. The van der Waals surface area contributed by atoms with Gasteiger partial charge in [-0.3, -0.25) is 0 Å². The predicted octanol–water partition coefficient (Wildman–Crippen LogP) is 0.849. The summed E-state index contributed by atoms with van der Waals surface area (Å²) >= 11 is 0. The van der Waals surface area contributed by atoms with Crippen LogP contribution >= 0.6 is 0 Å². The molecule has 0 bridgehead atoms. The average Bonchev–Trinajstić information content (AvgIpc) is 2.16. The van der Waals surface area contributed by atoms with E-state index < -0.39 is 15.8 Å². The van der Waals surface area contributed by atoms with Crippen LogP contribution in [0.5, 0.6) is 0 Å². The summed E-state index contributed by atoms with van der Waals surface area (Å²) in [4.78, 5) is 11.4. The lowest BCUT2D eigenvalue weighted by molar-refractivity contribution is 0.0527. The fourth-order valence-electron chi connectivity index (χ4n) is 1.25. The molecule has 1 aromatic rings. The maximum absolute atomic E-state index is 11.4. The van der Waals surface area contributed by atoms with E-state index in [1.54, 1.807) is 6.92 Å². The normalized spacial score (nSPS) is 11.1. The molecule has 88 valence electrons. The van der Waals surface area contributed by atoms with Crippen LogP contribution in [0.2, 0.25) is 0 Å². The smallest absolute Gasteiger partial charge is 0.340 e. The molecule has 0 aliphatic carbocycles. The van der Waals surface area contributed by atoms with Crippen molar-refractivity contribution in [2.24, 2.45) is 0 Å². The second-order valence-corrected chi connectivity index (χ2v) is 5.19. The Morgan fingerprint density at radius 1 is 1.44 bits per heavy atom. The molecule has 0 heterocycles. The number of rotatable bonds is 3. The molecule has 5 nitrogen and oxygen atoms in total. The number of sulfone groups is 1. The number of hydrogen-bond acceptors (Lipinski definition) is 5. The molecule has 0 aliphatic rings. The van der Waals surface area contributed by atoms with E-state index in [0.717, 1.165) is 6.26 Å². The predicted molar refractivity (Wildman–Crippen MR) is 59.9 cm³/mol. The van der Waals surface area contributed by atoms with Crippen LogP contribution in [0.3, 0.4) is 0 Å². The van der Waals surface area contributed by atoms with E-state index in [-0.39, 0.29) is 22.8 Å². The Balaban J connectivity index is 3.30. The molecule has 0 saturated carbocycles. The Morgan fingerprint density at radius 2 is 2.06 bits per heavy atom. The Hall–Kier alpha value is -1.56. The van der Waals surface area contributed by atoms with Crippen LogP contribution < -0.4 is 5.73 Å². The van der Waals surface area contributed by atoms with E-state index in [0.29, 0.717) is 0 Å². The van der Waals surface area contributed by atoms with Gasteiger partial charge >= 0.3 is 5.97 Å². The van der Waals surface area contributed by atoms with Gasteiger partial charge in [0.1, 0.15) is 0 Å². The average molecular weight is 243 g/mol. The minimum atomic E-state index is -3.44. The molecule has 0 aromatic heterocycles. The van der Waals surface area contributed by atoms with E-state index in [4.69, 9.17) is 10.5 Å². The van der Waals surface area contributed by atoms with Gasteiger partial charge in [0.05, 0.1) is 22.8 Å². The fourth-order valence-corrected chi connectivity index (χ4v) is 2.09. The summed E-state index contributed by atoms with van der Waals surface area (Å²) in [6.07, 6.45) is 1.04. The molecular weight excluding hydrogens is 230 g/mol. The van der Waals surface area contributed by atoms with Crippen molar-refractivity contribution in [3.8, 4) is 0 Å². The summed E-state index contributed by atoms with van der Waals surface area (Å²) in [5, 5.41) is 0. The summed E-state index contributed by atoms with van der Waals surface area (Å²) in [6, 6.07) is 4.24. The number of esters is 1. The molecule has 1 rings (SSSR count). The summed E-state index contributed by atoms with van der Waals surface area (Å²) in [6.45, 7) is 1.87. The van der Waals surface area contributed by atoms with Gasteiger partial charge in [-0.2, -0.15) is 0 Å². The minimum absolute atomic E-state index is 0.0574. The highest BCUT2D eigenvalue weighted by atomic mass is 32.2. The van der Waals surface area contributed by atoms with E-state index >= 15 is 0 Å². The molecule has 0 saturated heterocycles. The molecule has 0 aliphatic heterocycles. The van der Waals surface area contributed by atoms with Crippen molar-refractivity contribution in [3.05, 3.63) is 23.8 Å². The van der Waals surface area contributed by atoms with Crippen molar-refractivity contribution >= 4 is 21.5 Å². The quantitative estimate of drug-likeness (QED) is 0.628. The highest BCUT2D eigenvalue weighted by Crippen LogP contribution is 2.22. The van der Waals surface area contributed by atoms with Crippen LogP contribution in [0, 0.1) is 0 Å². The van der Waals surface area contributed by atoms with E-state index in [9.17, 15) is 13.2 Å². The van der Waals surface area contributed by atoms with Crippen LogP contribution in [0.15, 0.2) is 23.1 Å². The zero-order chi connectivity index (χ0) is 12.3. The van der Waals surface area contributed by atoms with Gasteiger partial charge in [-0.05, 0) is 19.1 Å². The molecule has 2 N–H and O–H groups in total. The van der Waals surface area contributed by atoms with Crippen LogP contribution in [-0.4, -0.2) is 27.2 Å². The number of anilines is 1. The van der Waals surface area contributed by atoms with Crippen molar-refractivity contribution in [2.75, 3.05) is 18.6 Å². The van der Waals surface area contributed by atoms with Gasteiger partial charge in [0.25, 0.3) is 0 Å². The zero-order valence-corrected chi connectivity index (χ0v) is 9.87. The molecular formula is C10H13NO4S. The molecule has 0 radical (unpaired) electrons. The number of nitrogen functional groups attached to an aromatic ring is 1. The third-order valence-electron chi connectivity index (χ3n) is 1.96. The summed E-state index contributed by atoms with van der Waals surface area (Å²) in [5.74, 6) is -0.620. The standard InChI is InChI=1S/C10H13NO4S/c1-3-15-10(12)7-5-4-6-8(9(7)11)16(2,13)14/h4-6H,3,11H2,1-2H3. The van der Waals surface area contributed by atoms with Crippen molar-refractivity contribution < 1.29 is 17.9 Å². The zero-order valence-electron chi connectivity index (χ0n) is 9.06. The summed E-state index contributed by atoms with van der Waals surface area (Å²) in [7, 11) is -3.44. The molecule has 0 atom stereocenters. The topological polar surface area (TPSA) is 86.5 Å². The Bertz CT molecular complexity index is 508. The first-order valence-corrected chi connectivity index (χ1v) is 6.52. The van der Waals surface area contributed by atoms with Crippen molar-refractivity contribution in [1.29, 1.82) is 0 Å². The highest BCUT2D eigenvalue weighted by Gasteiger charge is 2.18. The number of carbonyl (C=O) groups excluding carboxylic acids is 1. The maximum atomic E-state index is 11.4. The van der Waals surface area contributed by atoms with Gasteiger partial charge in [0, 0.05) is 6.26 Å². The van der Waals surface area contributed by atoms with Gasteiger partial charge in [0.2, 0.25) is 0 Å². The molecule has 16 heavy (non-hydrogen) atoms. The van der Waals surface area contributed by atoms with Crippen LogP contribution in [0.25, 0.3) is 0 Å². The first-order valence-electron chi connectivity index (χ1n) is 4.63. The monoisotopic (exact) mass is 243 g/mol. The van der Waals surface area contributed by atoms with E-state index in [1.165, 1.54) is 18.2 Å². The number of hydrogen-bond donors (Lipinski definition) is 1. The number of ether oxygens (including phenoxy) is 1. The van der Waals surface area contributed by atoms with E-state index in [1.807, 2.05) is 0 Å². The maximum Gasteiger partial charge on any atom is 0.340 e. The van der Waals surface area contributed by atoms with Crippen molar-refractivity contribution in [3.63, 3.8) is 0 Å². The number of nitrogens with two attached hydrogens (primary N) is 1. The number of carbonyl (C=O) groups is 1. The molecule has 0 amide bonds. The van der Waals surface area contributed by atoms with Gasteiger partial charge in [-0.1, -0.05) is 6.07 Å². The lowest BCUT2D eigenvalue weighted by Crippen LogP contribution is -2.11. The largest absolute Gasteiger partial charge is 0.462 e. The Labute approximate surface area is 94.1 Å². The minimum Gasteiger partial charge on any atom is -0.462 e. The first kappa shape index (κ1) is 12.5. The van der Waals surface area contributed by atoms with Gasteiger partial charge in [-0.25, -0.2) is 13.2 Å². The molecule has 1 aromatic carbocycles. The Kier molecular flexibility index (Phi) is 3.54. The second kappa shape index (κ2) is 4.52. The van der Waals surface area contributed by atoms with Crippen molar-refractivity contribution in [2.45, 2.75) is 11.8 Å². The highest BCUT2D eigenvalue weighted by molar-refractivity contribution is 7.90. The third kappa shape index (κ3) is 2.52. The lowest BCUT2D eigenvalue weighted by atomic mass is 10.2. The van der Waals surface area contributed by atoms with E-state index in [2.05, 4.69) is 0 Å². The van der Waals surface area contributed by atoms with Crippen molar-refractivity contribution in [1.82, 2.24) is 0 Å². The molecule has 0 spiro atoms. The second-order valence-electron chi connectivity index (χ2n) is 3.21. The summed E-state index contributed by atoms with van der Waals surface area (Å²) < 4.78 is 27.5. The summed E-state index contributed by atoms with van der Waals surface area (Å²) in [5.41, 5.74) is 5.63. The molecule has 6 heteroatoms. The van der Waals surface area contributed by atoms with Gasteiger partial charge in [0.15, 0.2) is 9.84 Å². The third-order valence-corrected chi connectivity index (χ3v) is 3.12. The lowest BCUT2D eigenvalue weighted by Gasteiger charge is -2.08. The van der Waals surface area contributed by atoms with Crippen LogP contribution in [-0.2, 0) is 14.6 Å². The van der Waals surface area contributed by atoms with Gasteiger partial charge < -0.3 is 10.5 Å². The van der Waals surface area contributed by atoms with Crippen LogP contribution in [0.1, 0.15) is 17.3 Å². The molecule has 0 unspecified atom stereocenters. The molecule has 0 fully saturated rings. The fraction of sp³-hybridized carbons (Fsp3) is 0.300.